The number of likely N-dealkylation sites (N-methyl/N-ethyl adjacent to an activating group) is 2. The Hall–Kier alpha value is -0.320. The summed E-state index contributed by atoms with van der Waals surface area (Å²) in [6, 6.07) is 6.23. The molecule has 2 rings (SSSR count). The quantitative estimate of drug-likeness (QED) is 0.898. The van der Waals surface area contributed by atoms with Crippen LogP contribution in [0, 0.1) is 0 Å². The molecular weight excluding hydrogens is 305 g/mol. The van der Waals surface area contributed by atoms with Crippen LogP contribution < -0.4 is 5.73 Å². The molecule has 2 unspecified atom stereocenters. The molecular formula is C16H25Cl2N3. The summed E-state index contributed by atoms with van der Waals surface area (Å²) in [6.07, 6.45) is 3.43. The molecule has 1 aromatic carbocycles. The number of piperidine rings is 1. The maximum absolute atomic E-state index is 6.29. The van der Waals surface area contributed by atoms with Crippen molar-refractivity contribution in [1.29, 1.82) is 0 Å². The summed E-state index contributed by atoms with van der Waals surface area (Å²) in [5.41, 5.74) is 7.23. The zero-order chi connectivity index (χ0) is 15.4. The molecule has 0 amide bonds. The van der Waals surface area contributed by atoms with Gasteiger partial charge in [0, 0.05) is 18.6 Å². The van der Waals surface area contributed by atoms with E-state index in [-0.39, 0.29) is 6.04 Å². The van der Waals surface area contributed by atoms with Gasteiger partial charge in [0.05, 0.1) is 10.0 Å². The largest absolute Gasteiger partial charge is 0.324 e. The van der Waals surface area contributed by atoms with Gasteiger partial charge in [0.2, 0.25) is 0 Å². The molecule has 0 aliphatic carbocycles. The zero-order valence-electron chi connectivity index (χ0n) is 12.9. The molecule has 2 N–H and O–H groups in total. The fraction of sp³-hybridized carbons (Fsp3) is 0.625. The van der Waals surface area contributed by atoms with Gasteiger partial charge in [-0.15, -0.1) is 0 Å². The van der Waals surface area contributed by atoms with Crippen molar-refractivity contribution in [1.82, 2.24) is 9.80 Å². The molecule has 21 heavy (non-hydrogen) atoms. The molecule has 1 aromatic rings. The number of nitrogens with zero attached hydrogens (tertiary/aromatic N) is 2. The molecule has 5 heteroatoms. The summed E-state index contributed by atoms with van der Waals surface area (Å²) >= 11 is 12.3. The van der Waals surface area contributed by atoms with E-state index >= 15 is 0 Å². The Bertz CT molecular complexity index is 467. The first-order valence-electron chi connectivity index (χ1n) is 7.57. The van der Waals surface area contributed by atoms with Gasteiger partial charge in [-0.3, -0.25) is 0 Å². The predicted molar refractivity (Wildman–Crippen MR) is 91.2 cm³/mol. The Morgan fingerprint density at radius 2 is 2.19 bits per heavy atom. The van der Waals surface area contributed by atoms with Crippen LogP contribution in [0.1, 0.15) is 30.9 Å². The van der Waals surface area contributed by atoms with Gasteiger partial charge in [0.25, 0.3) is 0 Å². The summed E-state index contributed by atoms with van der Waals surface area (Å²) in [6.45, 7) is 3.33. The first-order chi connectivity index (χ1) is 9.99. The molecule has 0 bridgehead atoms. The second-order valence-corrected chi connectivity index (χ2v) is 6.86. The third kappa shape index (κ3) is 4.57. The first kappa shape index (κ1) is 17.0. The van der Waals surface area contributed by atoms with Gasteiger partial charge in [-0.2, -0.15) is 0 Å². The minimum Gasteiger partial charge on any atom is -0.324 e. The molecule has 1 aliphatic heterocycles. The summed E-state index contributed by atoms with van der Waals surface area (Å²) in [4.78, 5) is 4.83. The van der Waals surface area contributed by atoms with Crippen LogP contribution in [-0.2, 0) is 0 Å². The van der Waals surface area contributed by atoms with Crippen LogP contribution in [0.25, 0.3) is 0 Å². The maximum Gasteiger partial charge on any atom is 0.0640 e. The molecule has 1 aliphatic rings. The fourth-order valence-corrected chi connectivity index (χ4v) is 3.43. The van der Waals surface area contributed by atoms with E-state index in [1.54, 1.807) is 6.07 Å². The highest BCUT2D eigenvalue weighted by molar-refractivity contribution is 6.42. The van der Waals surface area contributed by atoms with Crippen molar-refractivity contribution in [2.24, 2.45) is 5.73 Å². The Morgan fingerprint density at radius 1 is 1.43 bits per heavy atom. The summed E-state index contributed by atoms with van der Waals surface area (Å²) < 4.78 is 0. The summed E-state index contributed by atoms with van der Waals surface area (Å²) in [7, 11) is 4.38. The van der Waals surface area contributed by atoms with Crippen LogP contribution in [0.2, 0.25) is 10.0 Å². The van der Waals surface area contributed by atoms with Gasteiger partial charge < -0.3 is 15.5 Å². The molecule has 1 fully saturated rings. The molecule has 118 valence electrons. The van der Waals surface area contributed by atoms with Crippen molar-refractivity contribution in [3.8, 4) is 0 Å². The van der Waals surface area contributed by atoms with Crippen molar-refractivity contribution in [2.45, 2.75) is 31.3 Å². The van der Waals surface area contributed by atoms with Gasteiger partial charge >= 0.3 is 0 Å². The second-order valence-electron chi connectivity index (χ2n) is 6.08. The van der Waals surface area contributed by atoms with E-state index in [2.05, 4.69) is 23.9 Å². The molecule has 0 radical (unpaired) electrons. The molecule has 0 aromatic heterocycles. The molecule has 1 heterocycles. The van der Waals surface area contributed by atoms with Crippen molar-refractivity contribution < 1.29 is 0 Å². The highest BCUT2D eigenvalue weighted by Crippen LogP contribution is 2.30. The average molecular weight is 330 g/mol. The zero-order valence-corrected chi connectivity index (χ0v) is 14.4. The topological polar surface area (TPSA) is 32.5 Å². The van der Waals surface area contributed by atoms with Gasteiger partial charge in [0.15, 0.2) is 0 Å². The summed E-state index contributed by atoms with van der Waals surface area (Å²) in [5.74, 6) is 0. The third-order valence-corrected chi connectivity index (χ3v) is 5.23. The van der Waals surface area contributed by atoms with E-state index in [1.165, 1.54) is 19.4 Å². The number of rotatable bonds is 5. The Morgan fingerprint density at radius 3 is 2.90 bits per heavy atom. The standard InChI is InChI=1S/C16H25Cl2N3/c1-20-9-4-5-12(11-20)21(2)10-8-15(19)13-6-3-7-14(17)16(13)18/h3,6-7,12,15H,4-5,8-11,19H2,1-2H3. The average Bonchev–Trinajstić information content (AvgIpc) is 2.47. The number of nitrogens with two attached hydrogens (primary N) is 1. The number of halogens is 2. The lowest BCUT2D eigenvalue weighted by Gasteiger charge is -2.36. The lowest BCUT2D eigenvalue weighted by atomic mass is 10.0. The van der Waals surface area contributed by atoms with Crippen molar-refractivity contribution in [2.75, 3.05) is 33.7 Å². The van der Waals surface area contributed by atoms with Crippen molar-refractivity contribution in [3.05, 3.63) is 33.8 Å². The fourth-order valence-electron chi connectivity index (χ4n) is 2.99. The number of hydrogen-bond donors (Lipinski definition) is 1. The highest BCUT2D eigenvalue weighted by atomic mass is 35.5. The van der Waals surface area contributed by atoms with Crippen LogP contribution in [-0.4, -0.2) is 49.6 Å². The smallest absolute Gasteiger partial charge is 0.0640 e. The van der Waals surface area contributed by atoms with E-state index in [0.717, 1.165) is 25.1 Å². The van der Waals surface area contributed by atoms with Crippen LogP contribution in [0.4, 0.5) is 0 Å². The monoisotopic (exact) mass is 329 g/mol. The van der Waals surface area contributed by atoms with E-state index in [4.69, 9.17) is 28.9 Å². The van der Waals surface area contributed by atoms with E-state index in [1.807, 2.05) is 12.1 Å². The van der Waals surface area contributed by atoms with E-state index in [0.29, 0.717) is 16.1 Å². The normalized spacial score (nSPS) is 21.7. The van der Waals surface area contributed by atoms with E-state index < -0.39 is 0 Å². The van der Waals surface area contributed by atoms with E-state index in [9.17, 15) is 0 Å². The lowest BCUT2D eigenvalue weighted by Crippen LogP contribution is -2.45. The van der Waals surface area contributed by atoms with Crippen LogP contribution in [0.3, 0.4) is 0 Å². The molecule has 0 saturated carbocycles. The molecule has 0 spiro atoms. The molecule has 2 atom stereocenters. The van der Waals surface area contributed by atoms with Crippen molar-refractivity contribution in [3.63, 3.8) is 0 Å². The molecule has 1 saturated heterocycles. The Kier molecular flexibility index (Phi) is 6.33. The SMILES string of the molecule is CN1CCCC(N(C)CCC(N)c2cccc(Cl)c2Cl)C1. The van der Waals surface area contributed by atoms with Crippen LogP contribution >= 0.6 is 23.2 Å². The second kappa shape index (κ2) is 7.80. The van der Waals surface area contributed by atoms with Crippen molar-refractivity contribution >= 4 is 23.2 Å². The van der Waals surface area contributed by atoms with Gasteiger partial charge in [-0.1, -0.05) is 35.3 Å². The molecule has 3 nitrogen and oxygen atoms in total. The van der Waals surface area contributed by atoms with Gasteiger partial charge in [-0.05, 0) is 58.1 Å². The third-order valence-electron chi connectivity index (χ3n) is 4.40. The lowest BCUT2D eigenvalue weighted by molar-refractivity contribution is 0.132. The maximum atomic E-state index is 6.29. The Labute approximate surface area is 138 Å². The van der Waals surface area contributed by atoms with Gasteiger partial charge in [0.1, 0.15) is 0 Å². The van der Waals surface area contributed by atoms with Crippen LogP contribution in [0.15, 0.2) is 18.2 Å². The predicted octanol–water partition coefficient (Wildman–Crippen LogP) is 3.41. The van der Waals surface area contributed by atoms with Crippen LogP contribution in [0.5, 0.6) is 0 Å². The number of likely N-dealkylation sites (tertiary alicyclic amines) is 1. The minimum absolute atomic E-state index is 0.0695. The number of hydrogen-bond acceptors (Lipinski definition) is 3. The van der Waals surface area contributed by atoms with Gasteiger partial charge in [-0.25, -0.2) is 0 Å². The highest BCUT2D eigenvalue weighted by Gasteiger charge is 2.21. The number of benzene rings is 1. The minimum atomic E-state index is -0.0695. The first-order valence-corrected chi connectivity index (χ1v) is 8.33. The Balaban J connectivity index is 1.88. The summed E-state index contributed by atoms with van der Waals surface area (Å²) in [5, 5.41) is 1.17.